The maximum Gasteiger partial charge on any atom is 0.306 e. The second kappa shape index (κ2) is 11.3. The summed E-state index contributed by atoms with van der Waals surface area (Å²) in [7, 11) is 0. The molecule has 2 aromatic carbocycles. The predicted molar refractivity (Wildman–Crippen MR) is 112 cm³/mol. The van der Waals surface area contributed by atoms with Crippen LogP contribution in [0.5, 0.6) is 5.75 Å². The van der Waals surface area contributed by atoms with Gasteiger partial charge in [-0.15, -0.1) is 0 Å². The Bertz CT molecular complexity index is 872. The number of amides is 2. The van der Waals surface area contributed by atoms with Crippen molar-refractivity contribution < 1.29 is 23.9 Å². The molecule has 2 N–H and O–H groups in total. The van der Waals surface area contributed by atoms with Gasteiger partial charge in [0, 0.05) is 12.1 Å². The Morgan fingerprint density at radius 2 is 1.66 bits per heavy atom. The van der Waals surface area contributed by atoms with E-state index in [9.17, 15) is 14.4 Å². The number of rotatable bonds is 9. The van der Waals surface area contributed by atoms with Crippen LogP contribution in [0.1, 0.15) is 19.8 Å². The number of esters is 1. The second-order valence-corrected chi connectivity index (χ2v) is 6.60. The van der Waals surface area contributed by atoms with E-state index in [0.717, 1.165) is 0 Å². The number of hydrogen-bond donors (Lipinski definition) is 2. The standard InChI is InChI=1S/C20H20Cl2N2O5/c1-2-28-14-8-6-13(7-9-14)23-17(25)10-11-19(27)29-12-18(26)24-16-5-3-4-15(21)20(16)22/h3-9H,2,10-12H2,1H3,(H,23,25)(H,24,26). The third-order valence-corrected chi connectivity index (χ3v) is 4.41. The van der Waals surface area contributed by atoms with Crippen molar-refractivity contribution in [1.29, 1.82) is 0 Å². The molecule has 0 aliphatic heterocycles. The zero-order valence-electron chi connectivity index (χ0n) is 15.7. The summed E-state index contributed by atoms with van der Waals surface area (Å²) >= 11 is 11.8. The molecule has 2 amide bonds. The van der Waals surface area contributed by atoms with Gasteiger partial charge in [0.15, 0.2) is 6.61 Å². The summed E-state index contributed by atoms with van der Waals surface area (Å²) < 4.78 is 10.2. The SMILES string of the molecule is CCOc1ccc(NC(=O)CCC(=O)OCC(=O)Nc2cccc(Cl)c2Cl)cc1. The molecule has 0 aliphatic rings. The maximum atomic E-state index is 11.9. The molecule has 9 heteroatoms. The Kier molecular flexibility index (Phi) is 8.76. The van der Waals surface area contributed by atoms with Crippen molar-refractivity contribution in [1.82, 2.24) is 0 Å². The largest absolute Gasteiger partial charge is 0.494 e. The zero-order valence-corrected chi connectivity index (χ0v) is 17.2. The van der Waals surface area contributed by atoms with Crippen LogP contribution < -0.4 is 15.4 Å². The number of benzene rings is 2. The van der Waals surface area contributed by atoms with Crippen molar-refractivity contribution in [2.45, 2.75) is 19.8 Å². The first-order chi connectivity index (χ1) is 13.9. The van der Waals surface area contributed by atoms with Crippen LogP contribution in [-0.4, -0.2) is 31.0 Å². The van der Waals surface area contributed by atoms with Gasteiger partial charge in [-0.1, -0.05) is 29.3 Å². The fourth-order valence-corrected chi connectivity index (χ4v) is 2.59. The second-order valence-electron chi connectivity index (χ2n) is 5.82. The van der Waals surface area contributed by atoms with Gasteiger partial charge in [-0.25, -0.2) is 0 Å². The van der Waals surface area contributed by atoms with E-state index in [4.69, 9.17) is 32.7 Å². The highest BCUT2D eigenvalue weighted by Crippen LogP contribution is 2.29. The summed E-state index contributed by atoms with van der Waals surface area (Å²) in [6, 6.07) is 11.6. The normalized spacial score (nSPS) is 10.2. The van der Waals surface area contributed by atoms with Gasteiger partial charge >= 0.3 is 5.97 Å². The van der Waals surface area contributed by atoms with Crippen LogP contribution in [0.15, 0.2) is 42.5 Å². The molecular weight excluding hydrogens is 419 g/mol. The molecule has 2 rings (SSSR count). The highest BCUT2D eigenvalue weighted by molar-refractivity contribution is 6.44. The average Bonchev–Trinajstić information content (AvgIpc) is 2.70. The van der Waals surface area contributed by atoms with Crippen molar-refractivity contribution in [3.05, 3.63) is 52.5 Å². The fraction of sp³-hybridized carbons (Fsp3) is 0.250. The lowest BCUT2D eigenvalue weighted by molar-refractivity contribution is -0.147. The lowest BCUT2D eigenvalue weighted by Crippen LogP contribution is -2.22. The lowest BCUT2D eigenvalue weighted by Gasteiger charge is -2.09. The molecule has 0 heterocycles. The topological polar surface area (TPSA) is 93.7 Å². The minimum atomic E-state index is -0.667. The molecule has 154 valence electrons. The molecule has 0 radical (unpaired) electrons. The summed E-state index contributed by atoms with van der Waals surface area (Å²) in [6.07, 6.45) is -0.234. The number of ether oxygens (including phenoxy) is 2. The van der Waals surface area contributed by atoms with Crippen LogP contribution in [0.25, 0.3) is 0 Å². The van der Waals surface area contributed by atoms with E-state index < -0.39 is 18.5 Å². The monoisotopic (exact) mass is 438 g/mol. The van der Waals surface area contributed by atoms with E-state index in [1.807, 2.05) is 6.92 Å². The molecule has 0 atom stereocenters. The smallest absolute Gasteiger partial charge is 0.306 e. The van der Waals surface area contributed by atoms with Crippen LogP contribution >= 0.6 is 23.2 Å². The lowest BCUT2D eigenvalue weighted by atomic mass is 10.2. The molecule has 29 heavy (non-hydrogen) atoms. The highest BCUT2D eigenvalue weighted by Gasteiger charge is 2.12. The van der Waals surface area contributed by atoms with Crippen LogP contribution in [0, 0.1) is 0 Å². The van der Waals surface area contributed by atoms with Gasteiger partial charge in [0.25, 0.3) is 5.91 Å². The quantitative estimate of drug-likeness (QED) is 0.569. The molecule has 0 saturated carbocycles. The van der Waals surface area contributed by atoms with Crippen LogP contribution in [0.2, 0.25) is 10.0 Å². The summed E-state index contributed by atoms with van der Waals surface area (Å²) in [5, 5.41) is 5.65. The highest BCUT2D eigenvalue weighted by atomic mass is 35.5. The Morgan fingerprint density at radius 1 is 0.931 bits per heavy atom. The van der Waals surface area contributed by atoms with Crippen LogP contribution in [0.3, 0.4) is 0 Å². The minimum absolute atomic E-state index is 0.0756. The molecule has 0 bridgehead atoms. The van der Waals surface area contributed by atoms with E-state index in [0.29, 0.717) is 28.8 Å². The van der Waals surface area contributed by atoms with Crippen molar-refractivity contribution in [3.8, 4) is 5.75 Å². The van der Waals surface area contributed by atoms with Gasteiger partial charge in [-0.2, -0.15) is 0 Å². The molecule has 0 spiro atoms. The number of anilines is 2. The summed E-state index contributed by atoms with van der Waals surface area (Å²) in [5.74, 6) is -0.881. The maximum absolute atomic E-state index is 11.9. The third kappa shape index (κ3) is 7.63. The van der Waals surface area contributed by atoms with Gasteiger partial charge in [0.1, 0.15) is 5.75 Å². The first-order valence-corrected chi connectivity index (χ1v) is 9.57. The van der Waals surface area contributed by atoms with E-state index in [1.165, 1.54) is 0 Å². The number of halogens is 2. The number of hydrogen-bond acceptors (Lipinski definition) is 5. The molecule has 0 fully saturated rings. The Morgan fingerprint density at radius 3 is 2.34 bits per heavy atom. The van der Waals surface area contributed by atoms with E-state index in [1.54, 1.807) is 42.5 Å². The van der Waals surface area contributed by atoms with Gasteiger partial charge in [-0.05, 0) is 43.3 Å². The molecular formula is C20H20Cl2N2O5. The zero-order chi connectivity index (χ0) is 21.2. The third-order valence-electron chi connectivity index (χ3n) is 3.60. The van der Waals surface area contributed by atoms with E-state index in [-0.39, 0.29) is 23.8 Å². The minimum Gasteiger partial charge on any atom is -0.494 e. The predicted octanol–water partition coefficient (Wildman–Crippen LogP) is 4.29. The van der Waals surface area contributed by atoms with Gasteiger partial charge in [0.2, 0.25) is 5.91 Å². The number of carbonyl (C=O) groups excluding carboxylic acids is 3. The fourth-order valence-electron chi connectivity index (χ4n) is 2.25. The molecule has 0 aromatic heterocycles. The van der Waals surface area contributed by atoms with Crippen molar-refractivity contribution in [2.24, 2.45) is 0 Å². The molecule has 0 saturated heterocycles. The van der Waals surface area contributed by atoms with Gasteiger partial charge in [0.05, 0.1) is 28.8 Å². The van der Waals surface area contributed by atoms with Crippen LogP contribution in [0.4, 0.5) is 11.4 Å². The van der Waals surface area contributed by atoms with Gasteiger partial charge in [-0.3, -0.25) is 14.4 Å². The molecule has 0 unspecified atom stereocenters. The van der Waals surface area contributed by atoms with Crippen molar-refractivity contribution in [3.63, 3.8) is 0 Å². The Balaban J connectivity index is 1.70. The summed E-state index contributed by atoms with van der Waals surface area (Å²) in [5.41, 5.74) is 0.902. The summed E-state index contributed by atoms with van der Waals surface area (Å²) in [4.78, 5) is 35.5. The molecule has 0 aliphatic carbocycles. The van der Waals surface area contributed by atoms with E-state index >= 15 is 0 Å². The van der Waals surface area contributed by atoms with E-state index in [2.05, 4.69) is 10.6 Å². The van der Waals surface area contributed by atoms with Crippen molar-refractivity contribution >= 4 is 52.4 Å². The van der Waals surface area contributed by atoms with Gasteiger partial charge < -0.3 is 20.1 Å². The first-order valence-electron chi connectivity index (χ1n) is 8.81. The number of carbonyl (C=O) groups is 3. The Labute approximate surface area is 178 Å². The first kappa shape index (κ1) is 22.5. The number of nitrogens with one attached hydrogen (secondary N) is 2. The molecule has 2 aromatic rings. The Hall–Kier alpha value is -2.77. The molecule has 7 nitrogen and oxygen atoms in total. The average molecular weight is 439 g/mol. The summed E-state index contributed by atoms with van der Waals surface area (Å²) in [6.45, 7) is 1.94. The van der Waals surface area contributed by atoms with Crippen LogP contribution in [-0.2, 0) is 19.1 Å². The van der Waals surface area contributed by atoms with Crippen molar-refractivity contribution in [2.75, 3.05) is 23.8 Å².